The monoisotopic (exact) mass is 356 g/mol. The molecule has 0 fully saturated rings. The fourth-order valence-corrected chi connectivity index (χ4v) is 2.45. The summed E-state index contributed by atoms with van der Waals surface area (Å²) in [6.45, 7) is 5.95. The van der Waals surface area contributed by atoms with Crippen LogP contribution in [0.4, 0.5) is 0 Å². The average molecular weight is 356 g/mol. The molecule has 6 nitrogen and oxygen atoms in total. The van der Waals surface area contributed by atoms with Gasteiger partial charge in [-0.2, -0.15) is 5.10 Å². The lowest BCUT2D eigenvalue weighted by Gasteiger charge is -2.13. The van der Waals surface area contributed by atoms with Gasteiger partial charge in [0.25, 0.3) is 0 Å². The summed E-state index contributed by atoms with van der Waals surface area (Å²) in [5.74, 6) is 0.161. The van der Waals surface area contributed by atoms with Crippen molar-refractivity contribution in [3.63, 3.8) is 0 Å². The maximum Gasteiger partial charge on any atom is 0.356 e. The molecule has 6 heteroatoms. The van der Waals surface area contributed by atoms with E-state index < -0.39 is 5.97 Å². The first kappa shape index (κ1) is 19.3. The molecule has 0 saturated heterocycles. The Morgan fingerprint density at radius 2 is 1.88 bits per heavy atom. The molecule has 26 heavy (non-hydrogen) atoms. The van der Waals surface area contributed by atoms with Gasteiger partial charge < -0.3 is 14.6 Å². The van der Waals surface area contributed by atoms with Crippen molar-refractivity contribution in [3.05, 3.63) is 58.9 Å². The van der Waals surface area contributed by atoms with Gasteiger partial charge in [-0.3, -0.25) is 0 Å². The topological polar surface area (TPSA) is 73.6 Å². The highest BCUT2D eigenvalue weighted by molar-refractivity contribution is 5.86. The Hall–Kier alpha value is -3.02. The molecule has 1 aromatic heterocycles. The molecule has 0 aliphatic heterocycles. The fourth-order valence-electron chi connectivity index (χ4n) is 2.45. The predicted octanol–water partition coefficient (Wildman–Crippen LogP) is 4.15. The zero-order valence-corrected chi connectivity index (χ0v) is 15.7. The summed E-state index contributed by atoms with van der Waals surface area (Å²) in [4.78, 5) is 11.3. The average Bonchev–Trinajstić information content (AvgIpc) is 3.03. The van der Waals surface area contributed by atoms with Crippen molar-refractivity contribution in [2.24, 2.45) is 0 Å². The van der Waals surface area contributed by atoms with Gasteiger partial charge in [0.15, 0.2) is 17.2 Å². The van der Waals surface area contributed by atoms with Gasteiger partial charge in [-0.05, 0) is 50.6 Å². The third kappa shape index (κ3) is 4.14. The van der Waals surface area contributed by atoms with Crippen LogP contribution in [-0.4, -0.2) is 35.1 Å². The van der Waals surface area contributed by atoms with Crippen molar-refractivity contribution < 1.29 is 19.4 Å². The van der Waals surface area contributed by atoms with E-state index in [1.807, 2.05) is 44.2 Å². The van der Waals surface area contributed by atoms with Crippen molar-refractivity contribution in [3.8, 4) is 11.5 Å². The third-order valence-electron chi connectivity index (χ3n) is 4.10. The van der Waals surface area contributed by atoms with E-state index in [4.69, 9.17) is 9.47 Å². The van der Waals surface area contributed by atoms with Gasteiger partial charge in [0.05, 0.1) is 19.9 Å². The number of hydrogen-bond acceptors (Lipinski definition) is 4. The molecular weight excluding hydrogens is 332 g/mol. The van der Waals surface area contributed by atoms with Crippen LogP contribution in [0.1, 0.15) is 42.0 Å². The molecule has 0 radical (unpaired) electrons. The zero-order chi connectivity index (χ0) is 19.3. The molecule has 1 heterocycles. The number of carbonyl (C=O) groups is 1. The van der Waals surface area contributed by atoms with Crippen LogP contribution in [0, 0.1) is 6.92 Å². The van der Waals surface area contributed by atoms with Gasteiger partial charge in [0.2, 0.25) is 0 Å². The standard InChI is InChI=1S/C20H24N2O4/c1-6-13(2)7-9-17(22-14(3)11-16(21-22)20(23)24)15-8-10-18(25-4)19(12-15)26-5/h7-12H,6H2,1-5H3,(H,23,24)/b13-7?,17-9-. The molecule has 0 amide bonds. The lowest BCUT2D eigenvalue weighted by Crippen LogP contribution is -2.06. The van der Waals surface area contributed by atoms with Crippen molar-refractivity contribution in [2.75, 3.05) is 14.2 Å². The van der Waals surface area contributed by atoms with Crippen LogP contribution < -0.4 is 9.47 Å². The lowest BCUT2D eigenvalue weighted by molar-refractivity contribution is 0.0690. The number of benzene rings is 1. The normalized spacial score (nSPS) is 12.2. The van der Waals surface area contributed by atoms with Crippen LogP contribution in [0.5, 0.6) is 11.5 Å². The number of nitrogens with zero attached hydrogens (tertiary/aromatic N) is 2. The first-order valence-corrected chi connectivity index (χ1v) is 8.31. The lowest BCUT2D eigenvalue weighted by atomic mass is 10.1. The summed E-state index contributed by atoms with van der Waals surface area (Å²) in [6.07, 6.45) is 4.87. The van der Waals surface area contributed by atoms with E-state index >= 15 is 0 Å². The Labute approximate surface area is 153 Å². The highest BCUT2D eigenvalue weighted by Crippen LogP contribution is 2.31. The molecule has 0 atom stereocenters. The summed E-state index contributed by atoms with van der Waals surface area (Å²) in [6, 6.07) is 7.11. The SMILES string of the molecule is CCC(C)=C/C=C(/c1ccc(OC)c(OC)c1)n1nc(C(=O)O)cc1C. The molecule has 0 aliphatic carbocycles. The van der Waals surface area contributed by atoms with Crippen molar-refractivity contribution in [1.82, 2.24) is 9.78 Å². The number of allylic oxidation sites excluding steroid dienone is 3. The van der Waals surface area contributed by atoms with Gasteiger partial charge in [-0.1, -0.05) is 18.6 Å². The molecule has 0 aliphatic rings. The van der Waals surface area contributed by atoms with E-state index in [1.165, 1.54) is 5.57 Å². The minimum atomic E-state index is -1.06. The van der Waals surface area contributed by atoms with E-state index in [9.17, 15) is 9.90 Å². The molecule has 0 unspecified atom stereocenters. The minimum Gasteiger partial charge on any atom is -0.493 e. The van der Waals surface area contributed by atoms with Gasteiger partial charge in [0, 0.05) is 11.3 Å². The van der Waals surface area contributed by atoms with Crippen molar-refractivity contribution in [2.45, 2.75) is 27.2 Å². The Kier molecular flexibility index (Phi) is 6.22. The van der Waals surface area contributed by atoms with Crippen LogP contribution >= 0.6 is 0 Å². The molecular formula is C20H24N2O4. The number of rotatable bonds is 7. The minimum absolute atomic E-state index is 0.00469. The summed E-state index contributed by atoms with van der Waals surface area (Å²) in [7, 11) is 3.16. The smallest absolute Gasteiger partial charge is 0.356 e. The second-order valence-corrected chi connectivity index (χ2v) is 5.88. The largest absolute Gasteiger partial charge is 0.493 e. The quantitative estimate of drug-likeness (QED) is 0.754. The van der Waals surface area contributed by atoms with Crippen LogP contribution in [0.15, 0.2) is 42.0 Å². The molecule has 138 valence electrons. The van der Waals surface area contributed by atoms with Crippen LogP contribution in [0.3, 0.4) is 0 Å². The van der Waals surface area contributed by atoms with Gasteiger partial charge in [0.1, 0.15) is 0 Å². The summed E-state index contributed by atoms with van der Waals surface area (Å²) < 4.78 is 12.3. The fraction of sp³-hybridized carbons (Fsp3) is 0.300. The maximum absolute atomic E-state index is 11.3. The van der Waals surface area contributed by atoms with E-state index in [0.29, 0.717) is 11.5 Å². The van der Waals surface area contributed by atoms with Gasteiger partial charge in [-0.25, -0.2) is 9.48 Å². The number of carboxylic acid groups (broad SMARTS) is 1. The highest BCUT2D eigenvalue weighted by Gasteiger charge is 2.16. The molecule has 1 aromatic carbocycles. The van der Waals surface area contributed by atoms with Crippen LogP contribution in [-0.2, 0) is 0 Å². The number of methoxy groups -OCH3 is 2. The molecule has 0 bridgehead atoms. The first-order chi connectivity index (χ1) is 12.4. The Bertz CT molecular complexity index is 863. The maximum atomic E-state index is 11.3. The van der Waals surface area contributed by atoms with Crippen molar-refractivity contribution in [1.29, 1.82) is 0 Å². The van der Waals surface area contributed by atoms with Crippen molar-refractivity contribution >= 4 is 11.7 Å². The van der Waals surface area contributed by atoms with E-state index in [2.05, 4.69) is 12.0 Å². The predicted molar refractivity (Wildman–Crippen MR) is 101 cm³/mol. The van der Waals surface area contributed by atoms with E-state index in [0.717, 1.165) is 23.4 Å². The number of aromatic carboxylic acids is 1. The Balaban J connectivity index is 2.64. The number of hydrogen-bond donors (Lipinski definition) is 1. The zero-order valence-electron chi connectivity index (χ0n) is 15.7. The Morgan fingerprint density at radius 3 is 2.42 bits per heavy atom. The number of aryl methyl sites for hydroxylation is 1. The number of ether oxygens (including phenoxy) is 2. The molecule has 2 rings (SSSR count). The molecule has 0 saturated carbocycles. The number of carboxylic acids is 1. The molecule has 1 N–H and O–H groups in total. The second-order valence-electron chi connectivity index (χ2n) is 5.88. The summed E-state index contributed by atoms with van der Waals surface area (Å²) in [5, 5.41) is 13.5. The van der Waals surface area contributed by atoms with Gasteiger partial charge in [-0.15, -0.1) is 0 Å². The second kappa shape index (κ2) is 8.38. The van der Waals surface area contributed by atoms with Gasteiger partial charge >= 0.3 is 5.97 Å². The molecule has 0 spiro atoms. The highest BCUT2D eigenvalue weighted by atomic mass is 16.5. The van der Waals surface area contributed by atoms with E-state index in [-0.39, 0.29) is 5.69 Å². The Morgan fingerprint density at radius 1 is 1.19 bits per heavy atom. The van der Waals surface area contributed by atoms with Crippen LogP contribution in [0.2, 0.25) is 0 Å². The summed E-state index contributed by atoms with van der Waals surface area (Å²) in [5.41, 5.74) is 3.52. The first-order valence-electron chi connectivity index (χ1n) is 8.31. The van der Waals surface area contributed by atoms with E-state index in [1.54, 1.807) is 25.0 Å². The third-order valence-corrected chi connectivity index (χ3v) is 4.10. The molecule has 2 aromatic rings. The number of aromatic nitrogens is 2. The summed E-state index contributed by atoms with van der Waals surface area (Å²) >= 11 is 0. The van der Waals surface area contributed by atoms with Crippen LogP contribution in [0.25, 0.3) is 5.70 Å².